The van der Waals surface area contributed by atoms with Crippen molar-refractivity contribution in [2.45, 2.75) is 13.5 Å². The van der Waals surface area contributed by atoms with Crippen LogP contribution >= 0.6 is 23.6 Å². The zero-order chi connectivity index (χ0) is 15.4. The van der Waals surface area contributed by atoms with E-state index in [1.807, 2.05) is 43.3 Å². The first-order valence-corrected chi connectivity index (χ1v) is 8.09. The lowest BCUT2D eigenvalue weighted by molar-refractivity contribution is 0.503. The molecule has 3 rings (SSSR count). The minimum Gasteiger partial charge on any atom is -0.467 e. The molecule has 0 aliphatic rings. The van der Waals surface area contributed by atoms with Gasteiger partial charge in [0, 0.05) is 16.6 Å². The third kappa shape index (κ3) is 3.72. The van der Waals surface area contributed by atoms with Gasteiger partial charge < -0.3 is 15.1 Å². The highest BCUT2D eigenvalue weighted by Crippen LogP contribution is 2.23. The number of benzene rings is 1. The van der Waals surface area contributed by atoms with Crippen LogP contribution in [0.3, 0.4) is 0 Å². The molecule has 0 unspecified atom stereocenters. The molecule has 0 atom stereocenters. The summed E-state index contributed by atoms with van der Waals surface area (Å²) in [6.07, 6.45) is 1.65. The van der Waals surface area contributed by atoms with E-state index in [1.54, 1.807) is 17.6 Å². The number of thiocarbonyl (C=S) groups is 1. The molecule has 0 amide bonds. The Morgan fingerprint density at radius 3 is 2.73 bits per heavy atom. The van der Waals surface area contributed by atoms with Crippen molar-refractivity contribution in [2.75, 3.05) is 5.32 Å². The second-order valence-corrected chi connectivity index (χ2v) is 6.19. The summed E-state index contributed by atoms with van der Waals surface area (Å²) >= 11 is 6.92. The Labute approximate surface area is 138 Å². The number of aryl methyl sites for hydroxylation is 1. The molecule has 4 nitrogen and oxygen atoms in total. The standard InChI is InChI=1S/C16H15N3OS2/c1-11-18-15(10-22-11)12-4-6-13(7-5-12)19-16(21)17-9-14-3-2-8-20-14/h2-8,10H,9H2,1H3,(H2,17,19,21). The van der Waals surface area contributed by atoms with E-state index in [2.05, 4.69) is 21.0 Å². The summed E-state index contributed by atoms with van der Waals surface area (Å²) in [7, 11) is 0. The Morgan fingerprint density at radius 1 is 1.27 bits per heavy atom. The van der Waals surface area contributed by atoms with Crippen molar-refractivity contribution >= 4 is 34.4 Å². The second kappa shape index (κ2) is 6.72. The van der Waals surface area contributed by atoms with Crippen molar-refractivity contribution in [3.63, 3.8) is 0 Å². The van der Waals surface area contributed by atoms with Crippen LogP contribution < -0.4 is 10.6 Å². The number of nitrogens with one attached hydrogen (secondary N) is 2. The fourth-order valence-electron chi connectivity index (χ4n) is 1.98. The SMILES string of the molecule is Cc1nc(-c2ccc(NC(=S)NCc3ccco3)cc2)cs1. The summed E-state index contributed by atoms with van der Waals surface area (Å²) in [5.74, 6) is 0.846. The third-order valence-electron chi connectivity index (χ3n) is 3.06. The third-order valence-corrected chi connectivity index (χ3v) is 4.08. The topological polar surface area (TPSA) is 50.1 Å². The molecule has 0 fully saturated rings. The van der Waals surface area contributed by atoms with Gasteiger partial charge in [0.15, 0.2) is 5.11 Å². The molecular formula is C16H15N3OS2. The van der Waals surface area contributed by atoms with Crippen LogP contribution in [0.15, 0.2) is 52.5 Å². The van der Waals surface area contributed by atoms with Crippen molar-refractivity contribution in [2.24, 2.45) is 0 Å². The fourth-order valence-corrected chi connectivity index (χ4v) is 2.79. The van der Waals surface area contributed by atoms with Gasteiger partial charge in [-0.15, -0.1) is 11.3 Å². The first-order chi connectivity index (χ1) is 10.7. The molecule has 6 heteroatoms. The molecule has 3 aromatic rings. The smallest absolute Gasteiger partial charge is 0.171 e. The Morgan fingerprint density at radius 2 is 2.09 bits per heavy atom. The summed E-state index contributed by atoms with van der Waals surface area (Å²) in [4.78, 5) is 4.48. The first kappa shape index (κ1) is 14.7. The van der Waals surface area contributed by atoms with Gasteiger partial charge in [0.25, 0.3) is 0 Å². The predicted molar refractivity (Wildman–Crippen MR) is 94.1 cm³/mol. The maximum atomic E-state index is 5.26. The molecule has 0 saturated carbocycles. The van der Waals surface area contributed by atoms with E-state index < -0.39 is 0 Å². The van der Waals surface area contributed by atoms with Crippen LogP contribution in [0.1, 0.15) is 10.8 Å². The van der Waals surface area contributed by atoms with E-state index in [9.17, 15) is 0 Å². The molecular weight excluding hydrogens is 314 g/mol. The van der Waals surface area contributed by atoms with Crippen LogP contribution in [0.5, 0.6) is 0 Å². The van der Waals surface area contributed by atoms with Crippen LogP contribution in [-0.2, 0) is 6.54 Å². The molecule has 2 heterocycles. The van der Waals surface area contributed by atoms with Gasteiger partial charge >= 0.3 is 0 Å². The Hall–Kier alpha value is -2.18. The summed E-state index contributed by atoms with van der Waals surface area (Å²) in [5.41, 5.74) is 3.05. The maximum absolute atomic E-state index is 5.26. The highest BCUT2D eigenvalue weighted by Gasteiger charge is 2.03. The van der Waals surface area contributed by atoms with Crippen LogP contribution in [0.2, 0.25) is 0 Å². The number of furan rings is 1. The van der Waals surface area contributed by atoms with Crippen molar-refractivity contribution < 1.29 is 4.42 Å². The van der Waals surface area contributed by atoms with Crippen LogP contribution in [0, 0.1) is 6.92 Å². The number of anilines is 1. The number of thiazole rings is 1. The van der Waals surface area contributed by atoms with E-state index >= 15 is 0 Å². The van der Waals surface area contributed by atoms with Crippen LogP contribution in [-0.4, -0.2) is 10.1 Å². The Kier molecular flexibility index (Phi) is 4.50. The average Bonchev–Trinajstić information content (AvgIpc) is 3.17. The van der Waals surface area contributed by atoms with Gasteiger partial charge in [0.05, 0.1) is 23.5 Å². The number of hydrogen-bond acceptors (Lipinski definition) is 4. The normalized spacial score (nSPS) is 10.4. The number of nitrogens with zero attached hydrogens (tertiary/aromatic N) is 1. The van der Waals surface area contributed by atoms with Gasteiger partial charge in [-0.05, 0) is 43.4 Å². The highest BCUT2D eigenvalue weighted by molar-refractivity contribution is 7.80. The molecule has 112 valence electrons. The first-order valence-electron chi connectivity index (χ1n) is 6.80. The monoisotopic (exact) mass is 329 g/mol. The minimum absolute atomic E-state index is 0.564. The molecule has 0 spiro atoms. The lowest BCUT2D eigenvalue weighted by Crippen LogP contribution is -2.27. The number of aromatic nitrogens is 1. The summed E-state index contributed by atoms with van der Waals surface area (Å²) in [5, 5.41) is 9.94. The molecule has 2 N–H and O–H groups in total. The van der Waals surface area contributed by atoms with E-state index in [-0.39, 0.29) is 0 Å². The number of hydrogen-bond donors (Lipinski definition) is 2. The lowest BCUT2D eigenvalue weighted by Gasteiger charge is -2.09. The van der Waals surface area contributed by atoms with Crippen LogP contribution in [0.4, 0.5) is 5.69 Å². The maximum Gasteiger partial charge on any atom is 0.171 e. The lowest BCUT2D eigenvalue weighted by atomic mass is 10.1. The molecule has 0 saturated heterocycles. The van der Waals surface area contributed by atoms with Gasteiger partial charge in [0.2, 0.25) is 0 Å². The molecule has 0 aliphatic heterocycles. The molecule has 22 heavy (non-hydrogen) atoms. The second-order valence-electron chi connectivity index (χ2n) is 4.72. The van der Waals surface area contributed by atoms with Gasteiger partial charge in [0.1, 0.15) is 5.76 Å². The van der Waals surface area contributed by atoms with E-state index in [0.29, 0.717) is 11.7 Å². The summed E-state index contributed by atoms with van der Waals surface area (Å²) in [6.45, 7) is 2.57. The Bertz CT molecular complexity index is 748. The van der Waals surface area contributed by atoms with Gasteiger partial charge in [-0.1, -0.05) is 12.1 Å². The highest BCUT2D eigenvalue weighted by atomic mass is 32.1. The molecule has 2 aromatic heterocycles. The molecule has 0 radical (unpaired) electrons. The minimum atomic E-state index is 0.564. The van der Waals surface area contributed by atoms with Gasteiger partial charge in [-0.25, -0.2) is 4.98 Å². The summed E-state index contributed by atoms with van der Waals surface area (Å²) < 4.78 is 5.24. The van der Waals surface area contributed by atoms with Gasteiger partial charge in [-0.3, -0.25) is 0 Å². The van der Waals surface area contributed by atoms with E-state index in [0.717, 1.165) is 27.7 Å². The van der Waals surface area contributed by atoms with Crippen LogP contribution in [0.25, 0.3) is 11.3 Å². The predicted octanol–water partition coefficient (Wildman–Crippen LogP) is 4.20. The molecule has 1 aromatic carbocycles. The van der Waals surface area contributed by atoms with Crippen molar-refractivity contribution in [1.82, 2.24) is 10.3 Å². The van der Waals surface area contributed by atoms with Crippen molar-refractivity contribution in [1.29, 1.82) is 0 Å². The zero-order valence-corrected chi connectivity index (χ0v) is 13.6. The largest absolute Gasteiger partial charge is 0.467 e. The Balaban J connectivity index is 1.57. The van der Waals surface area contributed by atoms with Gasteiger partial charge in [-0.2, -0.15) is 0 Å². The van der Waals surface area contributed by atoms with Crippen molar-refractivity contribution in [3.05, 3.63) is 58.8 Å². The summed E-state index contributed by atoms with van der Waals surface area (Å²) in [6, 6.07) is 11.8. The molecule has 0 aliphatic carbocycles. The quantitative estimate of drug-likeness (QED) is 0.703. The van der Waals surface area contributed by atoms with Crippen molar-refractivity contribution in [3.8, 4) is 11.3 Å². The zero-order valence-electron chi connectivity index (χ0n) is 12.0. The van der Waals surface area contributed by atoms with E-state index in [4.69, 9.17) is 16.6 Å². The van der Waals surface area contributed by atoms with E-state index in [1.165, 1.54) is 0 Å². The number of rotatable bonds is 4. The molecule has 0 bridgehead atoms. The fraction of sp³-hybridized carbons (Fsp3) is 0.125. The average molecular weight is 329 g/mol.